The Morgan fingerprint density at radius 1 is 1.36 bits per heavy atom. The monoisotopic (exact) mass is 303 g/mol. The highest BCUT2D eigenvalue weighted by Crippen LogP contribution is 2.19. The minimum Gasteiger partial charge on any atom is -0.478 e. The van der Waals surface area contributed by atoms with Crippen LogP contribution in [0.1, 0.15) is 32.3 Å². The Kier molecular flexibility index (Phi) is 6.16. The van der Waals surface area contributed by atoms with Crippen LogP contribution >= 0.6 is 0 Å². The number of aliphatic hydroxyl groups is 1. The van der Waals surface area contributed by atoms with E-state index < -0.39 is 6.10 Å². The number of aliphatic hydroxyl groups excluding tert-OH is 1. The van der Waals surface area contributed by atoms with E-state index in [0.29, 0.717) is 32.1 Å². The maximum absolute atomic E-state index is 9.93. The van der Waals surface area contributed by atoms with E-state index in [1.165, 1.54) is 5.56 Å². The van der Waals surface area contributed by atoms with E-state index in [-0.39, 0.29) is 5.54 Å². The highest BCUT2D eigenvalue weighted by atomic mass is 16.5. The molecule has 0 amide bonds. The smallest absolute Gasteiger partial charge is 0.186 e. The van der Waals surface area contributed by atoms with Crippen molar-refractivity contribution < 1.29 is 14.6 Å². The molecule has 0 saturated carbocycles. The molecular formula is C18H25NO3. The van der Waals surface area contributed by atoms with Crippen LogP contribution in [-0.2, 0) is 16.1 Å². The lowest BCUT2D eigenvalue weighted by atomic mass is 10.1. The summed E-state index contributed by atoms with van der Waals surface area (Å²) in [6.45, 7) is 5.89. The number of nitrogens with zero attached hydrogens (tertiary/aromatic N) is 1. The lowest BCUT2D eigenvalue weighted by Crippen LogP contribution is -2.17. The topological polar surface area (TPSA) is 51.0 Å². The molecule has 1 unspecified atom stereocenters. The van der Waals surface area contributed by atoms with Crippen LogP contribution in [-0.4, -0.2) is 35.9 Å². The Hall–Kier alpha value is -1.65. The van der Waals surface area contributed by atoms with Gasteiger partial charge in [-0.2, -0.15) is 0 Å². The van der Waals surface area contributed by atoms with Crippen LogP contribution in [0.15, 0.2) is 47.5 Å². The Bertz CT molecular complexity index is 508. The molecule has 1 heterocycles. The first-order chi connectivity index (χ1) is 10.6. The second-order valence-corrected chi connectivity index (χ2v) is 6.13. The first-order valence-corrected chi connectivity index (χ1v) is 7.73. The number of hydrogen-bond donors (Lipinski definition) is 1. The Balaban J connectivity index is 1.59. The van der Waals surface area contributed by atoms with Crippen molar-refractivity contribution in [2.75, 3.05) is 13.2 Å². The van der Waals surface area contributed by atoms with Gasteiger partial charge in [0.25, 0.3) is 0 Å². The third kappa shape index (κ3) is 6.00. The fraction of sp³-hybridized carbons (Fsp3) is 0.500. The summed E-state index contributed by atoms with van der Waals surface area (Å²) in [6.07, 6.45) is 4.38. The van der Waals surface area contributed by atoms with E-state index in [4.69, 9.17) is 9.47 Å². The summed E-state index contributed by atoms with van der Waals surface area (Å²) in [5, 5.41) is 9.93. The number of hydrogen-bond acceptors (Lipinski definition) is 4. The molecule has 1 atom stereocenters. The number of rotatable bonds is 8. The summed E-state index contributed by atoms with van der Waals surface area (Å²) < 4.78 is 11.0. The lowest BCUT2D eigenvalue weighted by molar-refractivity contribution is 0.125. The minimum absolute atomic E-state index is 0.163. The zero-order chi connectivity index (χ0) is 15.8. The van der Waals surface area contributed by atoms with E-state index in [1.54, 1.807) is 6.08 Å². The van der Waals surface area contributed by atoms with Gasteiger partial charge < -0.3 is 14.6 Å². The van der Waals surface area contributed by atoms with Crippen molar-refractivity contribution in [3.63, 3.8) is 0 Å². The summed E-state index contributed by atoms with van der Waals surface area (Å²) in [7, 11) is 0. The van der Waals surface area contributed by atoms with Gasteiger partial charge in [-0.05, 0) is 25.8 Å². The molecule has 0 spiro atoms. The fourth-order valence-corrected chi connectivity index (χ4v) is 2.18. The van der Waals surface area contributed by atoms with Crippen LogP contribution < -0.4 is 0 Å². The number of aliphatic imine (C=N–C) groups is 1. The quantitative estimate of drug-likeness (QED) is 0.593. The molecule has 120 valence electrons. The minimum atomic E-state index is -0.554. The molecular weight excluding hydrogens is 278 g/mol. The van der Waals surface area contributed by atoms with Gasteiger partial charge >= 0.3 is 0 Å². The van der Waals surface area contributed by atoms with Gasteiger partial charge in [0.1, 0.15) is 6.61 Å². The van der Waals surface area contributed by atoms with Gasteiger partial charge in [-0.15, -0.1) is 0 Å². The number of benzene rings is 1. The Morgan fingerprint density at radius 2 is 2.14 bits per heavy atom. The molecule has 1 aliphatic heterocycles. The molecule has 1 N–H and O–H groups in total. The SMILES string of the molecule is CC1(C)COC(CC(O)/C=C/CCOCc2ccccc2)=N1. The molecule has 0 bridgehead atoms. The van der Waals surface area contributed by atoms with Crippen molar-refractivity contribution in [3.05, 3.63) is 48.0 Å². The summed E-state index contributed by atoms with van der Waals surface area (Å²) in [4.78, 5) is 4.43. The molecule has 0 saturated heterocycles. The highest BCUT2D eigenvalue weighted by molar-refractivity contribution is 5.78. The average Bonchev–Trinajstić information content (AvgIpc) is 2.82. The van der Waals surface area contributed by atoms with E-state index in [9.17, 15) is 5.11 Å². The largest absolute Gasteiger partial charge is 0.478 e. The first-order valence-electron chi connectivity index (χ1n) is 7.73. The molecule has 1 aromatic carbocycles. The van der Waals surface area contributed by atoms with Crippen LogP contribution in [0.4, 0.5) is 0 Å². The number of ether oxygens (including phenoxy) is 2. The first kappa shape index (κ1) is 16.7. The maximum Gasteiger partial charge on any atom is 0.186 e. The van der Waals surface area contributed by atoms with Crippen molar-refractivity contribution in [1.29, 1.82) is 0 Å². The van der Waals surface area contributed by atoms with Crippen LogP contribution in [0.2, 0.25) is 0 Å². The van der Waals surface area contributed by atoms with Gasteiger partial charge in [-0.3, -0.25) is 0 Å². The zero-order valence-corrected chi connectivity index (χ0v) is 13.4. The molecule has 1 aliphatic rings. The maximum atomic E-state index is 9.93. The van der Waals surface area contributed by atoms with E-state index in [2.05, 4.69) is 4.99 Å². The summed E-state index contributed by atoms with van der Waals surface area (Å²) in [6, 6.07) is 10.1. The molecule has 4 nitrogen and oxygen atoms in total. The zero-order valence-electron chi connectivity index (χ0n) is 13.4. The molecule has 0 radical (unpaired) electrons. The average molecular weight is 303 g/mol. The highest BCUT2D eigenvalue weighted by Gasteiger charge is 2.26. The third-order valence-corrected chi connectivity index (χ3v) is 3.30. The fourth-order valence-electron chi connectivity index (χ4n) is 2.18. The molecule has 0 fully saturated rings. The van der Waals surface area contributed by atoms with Crippen LogP contribution in [0.3, 0.4) is 0 Å². The van der Waals surface area contributed by atoms with Gasteiger partial charge in [0.2, 0.25) is 0 Å². The van der Waals surface area contributed by atoms with E-state index in [0.717, 1.165) is 6.42 Å². The van der Waals surface area contributed by atoms with Crippen molar-refractivity contribution in [3.8, 4) is 0 Å². The molecule has 2 rings (SSSR count). The van der Waals surface area contributed by atoms with Crippen molar-refractivity contribution in [2.45, 2.75) is 44.9 Å². The molecule has 4 heteroatoms. The normalized spacial score (nSPS) is 18.2. The lowest BCUT2D eigenvalue weighted by Gasteiger charge is -2.07. The molecule has 1 aromatic rings. The predicted molar refractivity (Wildman–Crippen MR) is 87.9 cm³/mol. The van der Waals surface area contributed by atoms with Gasteiger partial charge in [-0.25, -0.2) is 4.99 Å². The van der Waals surface area contributed by atoms with Gasteiger partial charge in [0.05, 0.1) is 31.3 Å². The Morgan fingerprint density at radius 3 is 2.82 bits per heavy atom. The van der Waals surface area contributed by atoms with Crippen LogP contribution in [0, 0.1) is 0 Å². The van der Waals surface area contributed by atoms with E-state index >= 15 is 0 Å². The molecule has 0 aliphatic carbocycles. The van der Waals surface area contributed by atoms with Gasteiger partial charge in [0.15, 0.2) is 5.90 Å². The second-order valence-electron chi connectivity index (χ2n) is 6.13. The van der Waals surface area contributed by atoms with Gasteiger partial charge in [0, 0.05) is 0 Å². The summed E-state index contributed by atoms with van der Waals surface area (Å²) in [5.41, 5.74) is 1.01. The van der Waals surface area contributed by atoms with Gasteiger partial charge in [-0.1, -0.05) is 42.5 Å². The van der Waals surface area contributed by atoms with Crippen LogP contribution in [0.5, 0.6) is 0 Å². The standard InChI is InChI=1S/C18H25NO3/c1-18(2)14-22-17(19-18)12-16(20)10-6-7-11-21-13-15-8-4-3-5-9-15/h3-6,8-10,16,20H,7,11-14H2,1-2H3/b10-6+. The Labute approximate surface area is 132 Å². The van der Waals surface area contributed by atoms with E-state index in [1.807, 2.05) is 50.3 Å². The molecule has 0 aromatic heterocycles. The van der Waals surface area contributed by atoms with Crippen molar-refractivity contribution >= 4 is 5.90 Å². The van der Waals surface area contributed by atoms with Crippen LogP contribution in [0.25, 0.3) is 0 Å². The summed E-state index contributed by atoms with van der Waals surface area (Å²) in [5.74, 6) is 0.641. The van der Waals surface area contributed by atoms with Crippen molar-refractivity contribution in [1.82, 2.24) is 0 Å². The third-order valence-electron chi connectivity index (χ3n) is 3.30. The predicted octanol–water partition coefficient (Wildman–Crippen LogP) is 3.11. The summed E-state index contributed by atoms with van der Waals surface area (Å²) >= 11 is 0. The van der Waals surface area contributed by atoms with Crippen molar-refractivity contribution in [2.24, 2.45) is 4.99 Å². The second kappa shape index (κ2) is 8.11. The molecule has 22 heavy (non-hydrogen) atoms.